The number of anilines is 2. The Balaban J connectivity index is 1.55. The second-order valence-electron chi connectivity index (χ2n) is 8.62. The quantitative estimate of drug-likeness (QED) is 0.431. The molecule has 5 rings (SSSR count). The first-order valence-corrected chi connectivity index (χ1v) is 11.9. The summed E-state index contributed by atoms with van der Waals surface area (Å²) >= 11 is 0. The minimum Gasteiger partial charge on any atom is -0.497 e. The zero-order valence-corrected chi connectivity index (χ0v) is 20.4. The molecule has 3 aromatic rings. The van der Waals surface area contributed by atoms with Crippen molar-refractivity contribution in [3.05, 3.63) is 78.4 Å². The molecule has 2 saturated heterocycles. The average molecular weight is 489 g/mol. The lowest BCUT2D eigenvalue weighted by atomic mass is 9.89. The lowest BCUT2D eigenvalue weighted by Crippen LogP contribution is -2.37. The first-order chi connectivity index (χ1) is 17.6. The molecule has 0 unspecified atom stereocenters. The highest BCUT2D eigenvalue weighted by Crippen LogP contribution is 2.50. The van der Waals surface area contributed by atoms with Crippen molar-refractivity contribution in [3.63, 3.8) is 0 Å². The van der Waals surface area contributed by atoms with E-state index >= 15 is 0 Å². The van der Waals surface area contributed by atoms with E-state index in [9.17, 15) is 9.59 Å². The summed E-state index contributed by atoms with van der Waals surface area (Å²) < 4.78 is 16.7. The molecule has 0 aliphatic carbocycles. The van der Waals surface area contributed by atoms with Gasteiger partial charge in [-0.25, -0.2) is 9.96 Å². The van der Waals surface area contributed by atoms with E-state index in [4.69, 9.17) is 19.0 Å². The normalized spacial score (nSPS) is 21.0. The summed E-state index contributed by atoms with van der Waals surface area (Å²) in [6.45, 7) is 2.62. The summed E-state index contributed by atoms with van der Waals surface area (Å²) in [5, 5.41) is 1.64. The number of hydroxylamine groups is 1. The van der Waals surface area contributed by atoms with Gasteiger partial charge in [0.05, 0.1) is 32.2 Å². The lowest BCUT2D eigenvalue weighted by Gasteiger charge is -2.29. The highest BCUT2D eigenvalue weighted by atomic mass is 16.7. The molecule has 3 aromatic carbocycles. The number of fused-ring (bicyclic) bond motifs is 1. The van der Waals surface area contributed by atoms with Crippen LogP contribution in [0.5, 0.6) is 17.2 Å². The maximum absolute atomic E-state index is 13.9. The third-order valence-corrected chi connectivity index (χ3v) is 6.45. The number of para-hydroxylation sites is 1. The number of imide groups is 1. The molecule has 0 saturated carbocycles. The molecule has 2 aliphatic rings. The molecule has 0 aromatic heterocycles. The Hall–Kier alpha value is -4.04. The number of hydrogen-bond donors (Lipinski definition) is 0. The second-order valence-corrected chi connectivity index (χ2v) is 8.62. The second kappa shape index (κ2) is 9.91. The number of nitrogens with zero attached hydrogens (tertiary/aromatic N) is 2. The SMILES string of the molecule is CCCOc1ccc(N2C(=O)[C@H]3[C@H](ON(c4ccccc4)[C@@H]3c3cc(OC)ccc3OC)C2=O)cc1. The van der Waals surface area contributed by atoms with Crippen molar-refractivity contribution in [1.82, 2.24) is 0 Å². The van der Waals surface area contributed by atoms with Crippen LogP contribution >= 0.6 is 0 Å². The van der Waals surface area contributed by atoms with Gasteiger partial charge in [0.1, 0.15) is 29.2 Å². The Bertz CT molecular complexity index is 1250. The Morgan fingerprint density at radius 3 is 2.22 bits per heavy atom. The zero-order chi connectivity index (χ0) is 25.2. The Labute approximate surface area is 209 Å². The van der Waals surface area contributed by atoms with Gasteiger partial charge >= 0.3 is 0 Å². The van der Waals surface area contributed by atoms with Gasteiger partial charge in [-0.2, -0.15) is 0 Å². The molecule has 36 heavy (non-hydrogen) atoms. The standard InChI is InChI=1S/C28H28N2O6/c1-4-16-35-20-12-10-18(11-13-20)29-27(31)24-25(22-17-21(33-2)14-15-23(22)34-3)30(36-26(24)28(29)32)19-8-6-5-7-9-19/h5-15,17,24-26H,4,16H2,1-3H3/t24-,25-,26+/m1/s1. The Morgan fingerprint density at radius 2 is 1.56 bits per heavy atom. The lowest BCUT2D eigenvalue weighted by molar-refractivity contribution is -0.126. The van der Waals surface area contributed by atoms with E-state index in [2.05, 4.69) is 0 Å². The van der Waals surface area contributed by atoms with Crippen molar-refractivity contribution in [2.75, 3.05) is 30.8 Å². The van der Waals surface area contributed by atoms with Crippen LogP contribution in [0.1, 0.15) is 24.9 Å². The van der Waals surface area contributed by atoms with Crippen LogP contribution in [0.15, 0.2) is 72.8 Å². The van der Waals surface area contributed by atoms with Crippen LogP contribution < -0.4 is 24.2 Å². The minimum absolute atomic E-state index is 0.333. The van der Waals surface area contributed by atoms with Crippen LogP contribution in [-0.4, -0.2) is 38.7 Å². The van der Waals surface area contributed by atoms with E-state index in [1.165, 1.54) is 4.90 Å². The predicted molar refractivity (Wildman–Crippen MR) is 134 cm³/mol. The van der Waals surface area contributed by atoms with E-state index in [-0.39, 0.29) is 5.91 Å². The molecule has 186 valence electrons. The van der Waals surface area contributed by atoms with Crippen LogP contribution in [0, 0.1) is 5.92 Å². The van der Waals surface area contributed by atoms with E-state index in [1.807, 2.05) is 43.3 Å². The van der Waals surface area contributed by atoms with E-state index in [1.54, 1.807) is 55.7 Å². The predicted octanol–water partition coefficient (Wildman–Crippen LogP) is 4.54. The van der Waals surface area contributed by atoms with E-state index < -0.39 is 24.0 Å². The number of rotatable bonds is 8. The van der Waals surface area contributed by atoms with Gasteiger partial charge in [0.25, 0.3) is 5.91 Å². The third kappa shape index (κ3) is 4.03. The summed E-state index contributed by atoms with van der Waals surface area (Å²) in [5.74, 6) is 0.346. The number of carbonyl (C=O) groups excluding carboxylic acids is 2. The Kier molecular flexibility index (Phi) is 6.52. The van der Waals surface area contributed by atoms with Crippen LogP contribution in [-0.2, 0) is 14.4 Å². The van der Waals surface area contributed by atoms with Gasteiger partial charge in [-0.05, 0) is 61.0 Å². The van der Waals surface area contributed by atoms with Crippen molar-refractivity contribution < 1.29 is 28.6 Å². The van der Waals surface area contributed by atoms with Crippen LogP contribution in [0.3, 0.4) is 0 Å². The maximum Gasteiger partial charge on any atom is 0.266 e. The number of benzene rings is 3. The van der Waals surface area contributed by atoms with Crippen molar-refractivity contribution in [2.45, 2.75) is 25.5 Å². The van der Waals surface area contributed by atoms with Gasteiger partial charge in [-0.15, -0.1) is 0 Å². The van der Waals surface area contributed by atoms with Gasteiger partial charge < -0.3 is 14.2 Å². The first kappa shape index (κ1) is 23.7. The summed E-state index contributed by atoms with van der Waals surface area (Å²) in [4.78, 5) is 34.8. The number of hydrogen-bond acceptors (Lipinski definition) is 7. The molecule has 0 radical (unpaired) electrons. The van der Waals surface area contributed by atoms with E-state index in [0.29, 0.717) is 35.1 Å². The van der Waals surface area contributed by atoms with Gasteiger partial charge in [0.15, 0.2) is 6.10 Å². The van der Waals surface area contributed by atoms with Gasteiger partial charge in [0, 0.05) is 5.56 Å². The van der Waals surface area contributed by atoms with Crippen LogP contribution in [0.25, 0.3) is 0 Å². The molecular formula is C28H28N2O6. The smallest absolute Gasteiger partial charge is 0.266 e. The molecule has 2 heterocycles. The fraction of sp³-hybridized carbons (Fsp3) is 0.286. The summed E-state index contributed by atoms with van der Waals surface area (Å²) in [7, 11) is 3.15. The first-order valence-electron chi connectivity index (χ1n) is 11.9. The number of ether oxygens (including phenoxy) is 3. The highest BCUT2D eigenvalue weighted by Gasteiger charge is 2.60. The van der Waals surface area contributed by atoms with E-state index in [0.717, 1.165) is 12.1 Å². The number of methoxy groups -OCH3 is 2. The highest BCUT2D eigenvalue weighted by molar-refractivity contribution is 6.24. The fourth-order valence-electron chi connectivity index (χ4n) is 4.77. The monoisotopic (exact) mass is 488 g/mol. The zero-order valence-electron chi connectivity index (χ0n) is 20.4. The molecule has 8 nitrogen and oxygen atoms in total. The molecule has 2 amide bonds. The summed E-state index contributed by atoms with van der Waals surface area (Å²) in [6, 6.07) is 21.2. The van der Waals surface area contributed by atoms with Crippen molar-refractivity contribution in [3.8, 4) is 17.2 Å². The van der Waals surface area contributed by atoms with Gasteiger partial charge in [0.2, 0.25) is 5.91 Å². The summed E-state index contributed by atoms with van der Waals surface area (Å²) in [6.07, 6.45) is -0.0897. The fourth-order valence-corrected chi connectivity index (χ4v) is 4.77. The molecule has 8 heteroatoms. The topological polar surface area (TPSA) is 77.5 Å². The summed E-state index contributed by atoms with van der Waals surface area (Å²) in [5.41, 5.74) is 1.90. The van der Waals surface area contributed by atoms with Crippen molar-refractivity contribution >= 4 is 23.2 Å². The maximum atomic E-state index is 13.9. The molecule has 0 bridgehead atoms. The number of amides is 2. The third-order valence-electron chi connectivity index (χ3n) is 6.45. The molecule has 0 spiro atoms. The minimum atomic E-state index is -0.977. The van der Waals surface area contributed by atoms with Crippen molar-refractivity contribution in [1.29, 1.82) is 0 Å². The molecule has 2 aliphatic heterocycles. The van der Waals surface area contributed by atoms with Crippen molar-refractivity contribution in [2.24, 2.45) is 5.92 Å². The molecule has 0 N–H and O–H groups in total. The Morgan fingerprint density at radius 1 is 0.833 bits per heavy atom. The van der Waals surface area contributed by atoms with Crippen LogP contribution in [0.2, 0.25) is 0 Å². The molecule has 3 atom stereocenters. The molecule has 2 fully saturated rings. The largest absolute Gasteiger partial charge is 0.497 e. The molecular weight excluding hydrogens is 460 g/mol. The van der Waals surface area contributed by atoms with Crippen LogP contribution in [0.4, 0.5) is 11.4 Å². The van der Waals surface area contributed by atoms with Gasteiger partial charge in [-0.3, -0.25) is 14.4 Å². The van der Waals surface area contributed by atoms with Gasteiger partial charge in [-0.1, -0.05) is 25.1 Å². The number of carbonyl (C=O) groups is 2. The average Bonchev–Trinajstić information content (AvgIpc) is 3.43.